The molecule has 0 atom stereocenters. The van der Waals surface area contributed by atoms with Crippen molar-refractivity contribution < 1.29 is 4.79 Å². The minimum atomic E-state index is -0.192. The van der Waals surface area contributed by atoms with Crippen LogP contribution in [0.5, 0.6) is 0 Å². The lowest BCUT2D eigenvalue weighted by Gasteiger charge is -2.03. The maximum absolute atomic E-state index is 12.0. The molecule has 2 aromatic rings. The number of aromatic nitrogens is 4. The molecule has 0 aliphatic carbocycles. The van der Waals surface area contributed by atoms with E-state index in [1.807, 2.05) is 20.8 Å². The number of carbonyl (C=O) groups is 1. The molecule has 2 aromatic heterocycles. The van der Waals surface area contributed by atoms with Gasteiger partial charge in [0.05, 0.1) is 11.2 Å². The molecule has 96 valence electrons. The number of thiazole rings is 1. The van der Waals surface area contributed by atoms with Gasteiger partial charge in [-0.05, 0) is 6.92 Å². The van der Waals surface area contributed by atoms with Crippen molar-refractivity contribution in [3.05, 3.63) is 22.4 Å². The molecule has 0 spiro atoms. The van der Waals surface area contributed by atoms with Gasteiger partial charge < -0.3 is 0 Å². The summed E-state index contributed by atoms with van der Waals surface area (Å²) in [6.45, 7) is 6.77. The lowest BCUT2D eigenvalue weighted by Crippen LogP contribution is -2.14. The first-order valence-electron chi connectivity index (χ1n) is 5.76. The molecule has 0 aliphatic heterocycles. The van der Waals surface area contributed by atoms with Gasteiger partial charge in [-0.1, -0.05) is 13.8 Å². The maximum Gasteiger partial charge on any atom is 0.269 e. The zero-order valence-corrected chi connectivity index (χ0v) is 11.4. The van der Waals surface area contributed by atoms with Crippen molar-refractivity contribution in [1.29, 1.82) is 0 Å². The molecule has 7 heteroatoms. The van der Waals surface area contributed by atoms with Crippen LogP contribution in [-0.4, -0.2) is 25.7 Å². The normalized spacial score (nSPS) is 10.9. The molecule has 2 heterocycles. The Labute approximate surface area is 109 Å². The summed E-state index contributed by atoms with van der Waals surface area (Å²) < 4.78 is 1.77. The summed E-state index contributed by atoms with van der Waals surface area (Å²) >= 11 is 1.40. The lowest BCUT2D eigenvalue weighted by atomic mass is 10.2. The van der Waals surface area contributed by atoms with Crippen LogP contribution in [0, 0.1) is 0 Å². The molecule has 0 aliphatic rings. The van der Waals surface area contributed by atoms with Crippen molar-refractivity contribution >= 4 is 23.2 Å². The SMILES string of the molecule is CCn1cnnc1NC(=O)c1cnc(C(C)C)s1. The highest BCUT2D eigenvalue weighted by Gasteiger charge is 2.14. The van der Waals surface area contributed by atoms with E-state index in [4.69, 9.17) is 0 Å². The Morgan fingerprint density at radius 1 is 1.56 bits per heavy atom. The van der Waals surface area contributed by atoms with Crippen LogP contribution < -0.4 is 5.32 Å². The van der Waals surface area contributed by atoms with Crippen LogP contribution in [0.15, 0.2) is 12.5 Å². The fourth-order valence-electron chi connectivity index (χ4n) is 1.41. The summed E-state index contributed by atoms with van der Waals surface area (Å²) in [5.74, 6) is 0.597. The van der Waals surface area contributed by atoms with Gasteiger partial charge in [-0.3, -0.25) is 14.7 Å². The van der Waals surface area contributed by atoms with E-state index in [1.54, 1.807) is 17.1 Å². The third-order valence-electron chi connectivity index (χ3n) is 2.42. The molecule has 0 bridgehead atoms. The standard InChI is InChI=1S/C11H15N5OS/c1-4-16-6-13-15-11(16)14-9(17)8-5-12-10(18-8)7(2)3/h5-7H,4H2,1-3H3,(H,14,15,17). The van der Waals surface area contributed by atoms with Crippen LogP contribution in [0.4, 0.5) is 5.95 Å². The van der Waals surface area contributed by atoms with Crippen LogP contribution in [0.1, 0.15) is 41.4 Å². The highest BCUT2D eigenvalue weighted by molar-refractivity contribution is 7.13. The highest BCUT2D eigenvalue weighted by Crippen LogP contribution is 2.21. The summed E-state index contributed by atoms with van der Waals surface area (Å²) in [5, 5.41) is 11.3. The topological polar surface area (TPSA) is 72.7 Å². The van der Waals surface area contributed by atoms with Crippen LogP contribution in [0.2, 0.25) is 0 Å². The first-order chi connectivity index (χ1) is 8.61. The lowest BCUT2D eigenvalue weighted by molar-refractivity contribution is 0.102. The van der Waals surface area contributed by atoms with Gasteiger partial charge in [0.15, 0.2) is 0 Å². The van der Waals surface area contributed by atoms with Crippen molar-refractivity contribution in [1.82, 2.24) is 19.7 Å². The predicted molar refractivity (Wildman–Crippen MR) is 69.9 cm³/mol. The van der Waals surface area contributed by atoms with E-state index in [2.05, 4.69) is 20.5 Å². The largest absolute Gasteiger partial charge is 0.300 e. The number of anilines is 1. The maximum atomic E-state index is 12.0. The summed E-state index contributed by atoms with van der Waals surface area (Å²) in [6.07, 6.45) is 3.18. The number of nitrogens with zero attached hydrogens (tertiary/aromatic N) is 4. The Morgan fingerprint density at radius 2 is 2.33 bits per heavy atom. The summed E-state index contributed by atoms with van der Waals surface area (Å²) in [5.41, 5.74) is 0. The van der Waals surface area contributed by atoms with Gasteiger partial charge in [0, 0.05) is 12.5 Å². The number of hydrogen-bond acceptors (Lipinski definition) is 5. The minimum absolute atomic E-state index is 0.192. The van der Waals surface area contributed by atoms with Gasteiger partial charge in [-0.15, -0.1) is 21.5 Å². The molecule has 1 amide bonds. The predicted octanol–water partition coefficient (Wildman–Crippen LogP) is 2.13. The second-order valence-corrected chi connectivity index (χ2v) is 5.17. The Morgan fingerprint density at radius 3 is 2.94 bits per heavy atom. The van der Waals surface area contributed by atoms with Gasteiger partial charge in [-0.2, -0.15) is 0 Å². The van der Waals surface area contributed by atoms with Gasteiger partial charge in [0.1, 0.15) is 11.2 Å². The molecule has 0 fully saturated rings. The zero-order chi connectivity index (χ0) is 13.1. The zero-order valence-electron chi connectivity index (χ0n) is 10.5. The van der Waals surface area contributed by atoms with Crippen molar-refractivity contribution in [2.45, 2.75) is 33.2 Å². The number of carbonyl (C=O) groups excluding carboxylic acids is 1. The number of rotatable bonds is 4. The quantitative estimate of drug-likeness (QED) is 0.919. The van der Waals surface area contributed by atoms with E-state index < -0.39 is 0 Å². The Kier molecular flexibility index (Phi) is 3.71. The van der Waals surface area contributed by atoms with Crippen molar-refractivity contribution in [3.63, 3.8) is 0 Å². The second-order valence-electron chi connectivity index (χ2n) is 4.11. The second kappa shape index (κ2) is 5.26. The summed E-state index contributed by atoms with van der Waals surface area (Å²) in [7, 11) is 0. The molecule has 0 unspecified atom stereocenters. The van der Waals surface area contributed by atoms with E-state index in [0.29, 0.717) is 23.3 Å². The average Bonchev–Trinajstić information content (AvgIpc) is 2.96. The minimum Gasteiger partial charge on any atom is -0.300 e. The summed E-state index contributed by atoms with van der Waals surface area (Å²) in [4.78, 5) is 16.8. The first kappa shape index (κ1) is 12.7. The Balaban J connectivity index is 2.12. The molecular weight excluding hydrogens is 250 g/mol. The van der Waals surface area contributed by atoms with Crippen molar-refractivity contribution in [2.75, 3.05) is 5.32 Å². The molecule has 1 N–H and O–H groups in total. The van der Waals surface area contributed by atoms with Crippen LogP contribution >= 0.6 is 11.3 Å². The van der Waals surface area contributed by atoms with Crippen molar-refractivity contribution in [2.24, 2.45) is 0 Å². The molecular formula is C11H15N5OS. The van der Waals surface area contributed by atoms with Gasteiger partial charge in [0.2, 0.25) is 5.95 Å². The number of amides is 1. The van der Waals surface area contributed by atoms with Crippen LogP contribution in [-0.2, 0) is 6.54 Å². The van der Waals surface area contributed by atoms with E-state index in [1.165, 1.54) is 11.3 Å². The van der Waals surface area contributed by atoms with Crippen LogP contribution in [0.25, 0.3) is 0 Å². The number of nitrogens with one attached hydrogen (secondary N) is 1. The Bertz CT molecular complexity index is 545. The fraction of sp³-hybridized carbons (Fsp3) is 0.455. The molecule has 18 heavy (non-hydrogen) atoms. The summed E-state index contributed by atoms with van der Waals surface area (Å²) in [6, 6.07) is 0. The third kappa shape index (κ3) is 2.56. The molecule has 0 saturated heterocycles. The van der Waals surface area contributed by atoms with E-state index in [9.17, 15) is 4.79 Å². The molecule has 0 radical (unpaired) electrons. The van der Waals surface area contributed by atoms with Crippen LogP contribution in [0.3, 0.4) is 0 Å². The van der Waals surface area contributed by atoms with Gasteiger partial charge in [-0.25, -0.2) is 4.98 Å². The van der Waals surface area contributed by atoms with Gasteiger partial charge >= 0.3 is 0 Å². The molecule has 0 saturated carbocycles. The Hall–Kier alpha value is -1.76. The first-order valence-corrected chi connectivity index (χ1v) is 6.58. The van der Waals surface area contributed by atoms with E-state index in [-0.39, 0.29) is 5.91 Å². The fourth-order valence-corrected chi connectivity index (χ4v) is 2.22. The third-order valence-corrected chi connectivity index (χ3v) is 3.72. The van der Waals surface area contributed by atoms with Crippen molar-refractivity contribution in [3.8, 4) is 0 Å². The monoisotopic (exact) mass is 265 g/mol. The van der Waals surface area contributed by atoms with Gasteiger partial charge in [0.25, 0.3) is 5.91 Å². The smallest absolute Gasteiger partial charge is 0.269 e. The van der Waals surface area contributed by atoms with E-state index >= 15 is 0 Å². The van der Waals surface area contributed by atoms with E-state index in [0.717, 1.165) is 5.01 Å². The highest BCUT2D eigenvalue weighted by atomic mass is 32.1. The average molecular weight is 265 g/mol. The molecule has 0 aromatic carbocycles. The number of hydrogen-bond donors (Lipinski definition) is 1. The molecule has 6 nitrogen and oxygen atoms in total. The molecule has 2 rings (SSSR count). The number of aryl methyl sites for hydroxylation is 1.